The van der Waals surface area contributed by atoms with Gasteiger partial charge in [-0.1, -0.05) is 123 Å². The molecule has 3 fully saturated rings. The molecule has 3 N–H and O–H groups in total. The van der Waals surface area contributed by atoms with Crippen LogP contribution in [0.2, 0.25) is 0 Å². The lowest BCUT2D eigenvalue weighted by Gasteiger charge is -2.66. The number of hydrogen-bond donors (Lipinski definition) is 3. The fourth-order valence-electron chi connectivity index (χ4n) is 12.4. The van der Waals surface area contributed by atoms with E-state index >= 15 is 9.59 Å². The van der Waals surface area contributed by atoms with Crippen LogP contribution in [0.25, 0.3) is 0 Å². The minimum Gasteiger partial charge on any atom is -0.455 e. The second-order valence-electron chi connectivity index (χ2n) is 22.9. The van der Waals surface area contributed by atoms with Crippen molar-refractivity contribution in [2.24, 2.45) is 16.7 Å². The number of ketones is 1. The first-order chi connectivity index (χ1) is 40.4. The molecule has 1 saturated heterocycles. The molecule has 2 saturated carbocycles. The predicted octanol–water partition coefficient (Wildman–Crippen LogP) is 7.65. The fraction of sp³-hybridized carbons (Fsp3) is 0.373. The first-order valence-electron chi connectivity index (χ1n) is 28.1. The van der Waals surface area contributed by atoms with Crippen molar-refractivity contribution in [2.75, 3.05) is 11.5 Å². The van der Waals surface area contributed by atoms with Gasteiger partial charge in [-0.25, -0.2) is 9.59 Å². The molecule has 0 aromatic heterocycles. The second-order valence-corrected chi connectivity index (χ2v) is 22.9. The van der Waals surface area contributed by atoms with Crippen LogP contribution in [-0.4, -0.2) is 112 Å². The third kappa shape index (κ3) is 11.8. The number of aliphatic hydroxyl groups excluding tert-OH is 1. The van der Waals surface area contributed by atoms with E-state index in [1.54, 1.807) is 103 Å². The number of hydrogen-bond acceptors (Lipinski definition) is 16. The Morgan fingerprint density at radius 2 is 1.32 bits per heavy atom. The molecule has 2 aliphatic carbocycles. The van der Waals surface area contributed by atoms with Crippen LogP contribution in [0.15, 0.2) is 151 Å². The van der Waals surface area contributed by atoms with Gasteiger partial charge in [0.15, 0.2) is 17.5 Å². The van der Waals surface area contributed by atoms with Gasteiger partial charge in [-0.05, 0) is 92.4 Å². The number of amides is 2. The van der Waals surface area contributed by atoms with E-state index in [4.69, 9.17) is 28.4 Å². The molecule has 0 spiro atoms. The summed E-state index contributed by atoms with van der Waals surface area (Å²) in [6.45, 7) is 10.7. The maximum atomic E-state index is 16.0. The Labute approximate surface area is 492 Å². The molecular weight excluding hydrogens is 1090 g/mol. The number of benzene rings is 5. The third-order valence-electron chi connectivity index (χ3n) is 17.4. The second kappa shape index (κ2) is 24.4. The molecule has 85 heavy (non-hydrogen) atoms. The summed E-state index contributed by atoms with van der Waals surface area (Å²) >= 11 is 0. The SMILES string of the molecule is CC(=O)O[C@H]1C(=O)[C@@]2(C)[C@H]([C@H](OC(=O)c3ccccc3)[C@@](C)(O)C(C)(C)/C1=C(/C)[C@H](C)OC(=O)[C@H](OC(=O)CCC(=O)N1Cc3ccccc3C#Cc3ccccc31)[C@@H](NC(=O)c1ccccc1)c1ccccc1)[C@]1(OC(C)=O)CO[C@@H]1C[C@@H]2O. The molecule has 2 heterocycles. The molecule has 2 amide bonds. The van der Waals surface area contributed by atoms with Crippen molar-refractivity contribution in [1.29, 1.82) is 0 Å². The summed E-state index contributed by atoms with van der Waals surface area (Å²) in [5, 5.41) is 28.8. The van der Waals surface area contributed by atoms with Crippen molar-refractivity contribution >= 4 is 53.1 Å². The number of carbonyl (C=O) groups excluding carboxylic acids is 8. The monoisotopic (exact) mass is 1160 g/mol. The number of aliphatic hydroxyl groups is 2. The van der Waals surface area contributed by atoms with Crippen molar-refractivity contribution in [3.63, 3.8) is 0 Å². The first kappa shape index (κ1) is 60.8. The Hall–Kier alpha value is -8.76. The summed E-state index contributed by atoms with van der Waals surface area (Å²) < 4.78 is 36.8. The number of fused-ring (bicyclic) bond motifs is 5. The Balaban J connectivity index is 1.11. The number of carbonyl (C=O) groups is 8. The van der Waals surface area contributed by atoms with Crippen LogP contribution in [0.3, 0.4) is 0 Å². The van der Waals surface area contributed by atoms with Crippen LogP contribution in [-0.2, 0) is 63.7 Å². The normalized spacial score (nSPS) is 26.1. The van der Waals surface area contributed by atoms with Gasteiger partial charge >= 0.3 is 29.8 Å². The number of anilines is 1. The minimum atomic E-state index is -2.38. The number of nitrogens with one attached hydrogen (secondary N) is 1. The van der Waals surface area contributed by atoms with E-state index in [1.807, 2.05) is 24.3 Å². The van der Waals surface area contributed by atoms with Crippen LogP contribution >= 0.6 is 0 Å². The number of ether oxygens (including phenoxy) is 6. The zero-order chi connectivity index (χ0) is 61.2. The molecule has 18 heteroatoms. The Morgan fingerprint density at radius 3 is 1.94 bits per heavy atom. The highest BCUT2D eigenvalue weighted by molar-refractivity contribution is 5.98. The predicted molar refractivity (Wildman–Crippen MR) is 308 cm³/mol. The fourth-order valence-corrected chi connectivity index (χ4v) is 12.4. The van der Waals surface area contributed by atoms with Crippen molar-refractivity contribution in [3.05, 3.63) is 184 Å². The van der Waals surface area contributed by atoms with Gasteiger partial charge in [0.05, 0.1) is 48.3 Å². The van der Waals surface area contributed by atoms with Gasteiger partial charge in [-0.2, -0.15) is 0 Å². The van der Waals surface area contributed by atoms with E-state index in [0.717, 1.165) is 25.0 Å². The number of Topliss-reactive ketones (excluding diaryl/α,β-unsaturated/α-hetero) is 1. The minimum absolute atomic E-state index is 0.0262. The lowest BCUT2D eigenvalue weighted by Crippen LogP contribution is -2.81. The van der Waals surface area contributed by atoms with Gasteiger partial charge in [0.1, 0.15) is 30.0 Å². The van der Waals surface area contributed by atoms with E-state index < -0.39 is 124 Å². The molecule has 9 rings (SSSR count). The standard InChI is InChI=1S/C67H68N2O16/c1-39(54-56(82-41(3)70)59(75)65(7)50(72)36-51-67(38-80-51,85-42(4)71)58(65)60(66(8,79)64(54,5)6)84-62(77)47-28-16-11-17-29-47)40(2)81-63(78)57(55(45-24-12-9-13-25-45)68-61(76)46-26-14-10-15-27-46)83-53(74)35-34-52(73)69-37-48-30-19-18-22-43(48)32-33-44-23-20-21-31-49(44)69/h9-31,40,50-51,55-58,60,72,79H,34-38H2,1-8H3,(H,68,76)/b54-39-/t40-,50-,51+,55-,56+,57+,58-,60-,65+,66+,67-/m0/s1. The maximum Gasteiger partial charge on any atom is 0.350 e. The molecular formula is C67H68N2O16. The largest absolute Gasteiger partial charge is 0.455 e. The average Bonchev–Trinajstić information content (AvgIpc) is 0.718. The van der Waals surface area contributed by atoms with E-state index in [9.17, 15) is 39.0 Å². The van der Waals surface area contributed by atoms with Gasteiger partial charge in [0.2, 0.25) is 12.0 Å². The van der Waals surface area contributed by atoms with E-state index in [2.05, 4.69) is 17.2 Å². The molecule has 442 valence electrons. The highest BCUT2D eigenvalue weighted by atomic mass is 16.6. The Bertz CT molecular complexity index is 3510. The number of nitrogens with zero attached hydrogens (tertiary/aromatic N) is 1. The van der Waals surface area contributed by atoms with Crippen molar-refractivity contribution in [3.8, 4) is 11.8 Å². The van der Waals surface area contributed by atoms with E-state index in [1.165, 1.54) is 58.6 Å². The Kier molecular flexibility index (Phi) is 17.5. The molecule has 0 bridgehead atoms. The molecule has 0 unspecified atom stereocenters. The molecule has 5 aromatic carbocycles. The lowest BCUT2D eigenvalue weighted by atomic mass is 9.46. The molecule has 18 nitrogen and oxygen atoms in total. The average molecular weight is 1160 g/mol. The smallest absolute Gasteiger partial charge is 0.350 e. The summed E-state index contributed by atoms with van der Waals surface area (Å²) in [7, 11) is 0. The summed E-state index contributed by atoms with van der Waals surface area (Å²) in [6.07, 6.45) is -11.1. The van der Waals surface area contributed by atoms with Crippen LogP contribution in [0, 0.1) is 28.6 Å². The van der Waals surface area contributed by atoms with Crippen LogP contribution < -0.4 is 10.2 Å². The van der Waals surface area contributed by atoms with Gasteiger partial charge in [0, 0.05) is 48.8 Å². The van der Waals surface area contributed by atoms with Crippen LogP contribution in [0.4, 0.5) is 5.69 Å². The number of esters is 5. The van der Waals surface area contributed by atoms with Crippen molar-refractivity contribution in [1.82, 2.24) is 5.32 Å². The molecule has 4 aliphatic rings. The molecule has 11 atom stereocenters. The summed E-state index contributed by atoms with van der Waals surface area (Å²) in [5.41, 5.74) is -5.08. The third-order valence-corrected chi connectivity index (χ3v) is 17.4. The molecule has 2 aliphatic heterocycles. The zero-order valence-corrected chi connectivity index (χ0v) is 48.5. The van der Waals surface area contributed by atoms with Gasteiger partial charge in [-0.15, -0.1) is 0 Å². The van der Waals surface area contributed by atoms with Crippen molar-refractivity contribution in [2.45, 2.75) is 135 Å². The summed E-state index contributed by atoms with van der Waals surface area (Å²) in [6, 6.07) is 37.3. The quantitative estimate of drug-likeness (QED) is 0.0394. The van der Waals surface area contributed by atoms with Crippen molar-refractivity contribution < 1.29 is 77.0 Å². The number of para-hydroxylation sites is 1. The van der Waals surface area contributed by atoms with E-state index in [-0.39, 0.29) is 48.3 Å². The maximum absolute atomic E-state index is 16.0. The van der Waals surface area contributed by atoms with Gasteiger partial charge in [0.25, 0.3) is 5.91 Å². The molecule has 5 aromatic rings. The van der Waals surface area contributed by atoms with Crippen LogP contribution in [0.1, 0.15) is 124 Å². The lowest BCUT2D eigenvalue weighted by molar-refractivity contribution is -0.343. The summed E-state index contributed by atoms with van der Waals surface area (Å²) in [4.78, 5) is 117. The highest BCUT2D eigenvalue weighted by Gasteiger charge is 2.77. The highest BCUT2D eigenvalue weighted by Crippen LogP contribution is 2.62. The molecule has 0 radical (unpaired) electrons. The van der Waals surface area contributed by atoms with E-state index in [0.29, 0.717) is 16.8 Å². The number of rotatable bonds is 15. The van der Waals surface area contributed by atoms with Crippen LogP contribution in [0.5, 0.6) is 0 Å². The zero-order valence-electron chi connectivity index (χ0n) is 48.5. The van der Waals surface area contributed by atoms with Gasteiger partial charge in [-0.3, -0.25) is 28.8 Å². The topological polar surface area (TPSA) is 248 Å². The first-order valence-corrected chi connectivity index (χ1v) is 28.1. The Morgan fingerprint density at radius 1 is 0.729 bits per heavy atom. The summed E-state index contributed by atoms with van der Waals surface area (Å²) in [5.74, 6) is -2.17. The van der Waals surface area contributed by atoms with Gasteiger partial charge < -0.3 is 48.9 Å².